The molecule has 27 heavy (non-hydrogen) atoms. The average molecular weight is 384 g/mol. The van der Waals surface area contributed by atoms with Crippen LogP contribution in [0.4, 0.5) is 20.5 Å². The topological polar surface area (TPSA) is 67.7 Å². The van der Waals surface area contributed by atoms with Crippen molar-refractivity contribution in [2.75, 3.05) is 36.1 Å². The van der Waals surface area contributed by atoms with E-state index < -0.39 is 11.5 Å². The standard InChI is InChI=1S/C18H26F2N4O3/c1-12-11-27-8-7-22(12)14-9-15(26)23-6-5-17(3,18(4,19)20)24(10-13(2)25)16(23)21-14/h9,12H,5-8,10-11H2,1-4H3/t12-,17+/m1/s1. The summed E-state index contributed by atoms with van der Waals surface area (Å²) in [6.45, 7) is 7.05. The van der Waals surface area contributed by atoms with Gasteiger partial charge < -0.3 is 14.5 Å². The average Bonchev–Trinajstić information content (AvgIpc) is 2.56. The molecule has 0 amide bonds. The van der Waals surface area contributed by atoms with E-state index in [0.717, 1.165) is 6.92 Å². The Bertz CT molecular complexity index is 792. The number of ketones is 1. The Kier molecular flexibility index (Phi) is 5.00. The fraction of sp³-hybridized carbons (Fsp3) is 0.722. The zero-order valence-corrected chi connectivity index (χ0v) is 16.2. The van der Waals surface area contributed by atoms with Gasteiger partial charge >= 0.3 is 0 Å². The first-order valence-corrected chi connectivity index (χ1v) is 9.16. The summed E-state index contributed by atoms with van der Waals surface area (Å²) in [5.41, 5.74) is -1.91. The van der Waals surface area contributed by atoms with Crippen LogP contribution in [0.3, 0.4) is 0 Å². The molecule has 7 nitrogen and oxygen atoms in total. The lowest BCUT2D eigenvalue weighted by Gasteiger charge is -2.49. The zero-order chi connectivity index (χ0) is 20.0. The molecular weight excluding hydrogens is 358 g/mol. The molecule has 2 aliphatic rings. The maximum atomic E-state index is 14.5. The molecule has 0 aliphatic carbocycles. The van der Waals surface area contributed by atoms with Crippen LogP contribution >= 0.6 is 0 Å². The number of Topliss-reactive ketones (excluding diaryl/α,β-unsaturated/α-hetero) is 1. The van der Waals surface area contributed by atoms with Crippen molar-refractivity contribution in [3.8, 4) is 0 Å². The lowest BCUT2D eigenvalue weighted by Crippen LogP contribution is -2.63. The number of morpholine rings is 1. The normalized spacial score (nSPS) is 26.1. The van der Waals surface area contributed by atoms with E-state index >= 15 is 0 Å². The van der Waals surface area contributed by atoms with Crippen molar-refractivity contribution >= 4 is 17.5 Å². The van der Waals surface area contributed by atoms with Gasteiger partial charge in [0.25, 0.3) is 11.5 Å². The predicted octanol–water partition coefficient (Wildman–Crippen LogP) is 1.68. The van der Waals surface area contributed by atoms with Crippen LogP contribution in [0.2, 0.25) is 0 Å². The number of carbonyl (C=O) groups excluding carboxylic acids is 1. The number of carbonyl (C=O) groups is 1. The molecule has 0 saturated carbocycles. The molecule has 0 spiro atoms. The summed E-state index contributed by atoms with van der Waals surface area (Å²) in [6.07, 6.45) is 0.0473. The maximum absolute atomic E-state index is 14.5. The molecule has 0 unspecified atom stereocenters. The minimum absolute atomic E-state index is 0.0116. The van der Waals surface area contributed by atoms with Crippen LogP contribution in [0.15, 0.2) is 10.9 Å². The molecule has 9 heteroatoms. The van der Waals surface area contributed by atoms with Crippen LogP contribution in [0, 0.1) is 0 Å². The van der Waals surface area contributed by atoms with E-state index in [1.165, 1.54) is 29.4 Å². The molecule has 1 aromatic heterocycles. The quantitative estimate of drug-likeness (QED) is 0.787. The van der Waals surface area contributed by atoms with Crippen molar-refractivity contribution in [3.05, 3.63) is 16.4 Å². The second-order valence-corrected chi connectivity index (χ2v) is 7.72. The molecule has 2 atom stereocenters. The lowest BCUT2D eigenvalue weighted by molar-refractivity contribution is -0.117. The Morgan fingerprint density at radius 3 is 2.74 bits per heavy atom. The van der Waals surface area contributed by atoms with Gasteiger partial charge in [-0.25, -0.2) is 8.78 Å². The van der Waals surface area contributed by atoms with Crippen LogP contribution in [0.1, 0.15) is 34.1 Å². The molecule has 1 aromatic rings. The third-order valence-corrected chi connectivity index (χ3v) is 5.62. The van der Waals surface area contributed by atoms with Crippen LogP contribution in [-0.2, 0) is 16.1 Å². The molecule has 0 N–H and O–H groups in total. The fourth-order valence-corrected chi connectivity index (χ4v) is 3.72. The highest BCUT2D eigenvalue weighted by atomic mass is 19.3. The number of hydrogen-bond donors (Lipinski definition) is 0. The van der Waals surface area contributed by atoms with Gasteiger partial charge in [0.05, 0.1) is 25.8 Å². The van der Waals surface area contributed by atoms with E-state index in [2.05, 4.69) is 4.98 Å². The highest BCUT2D eigenvalue weighted by molar-refractivity contribution is 5.81. The van der Waals surface area contributed by atoms with Crippen molar-refractivity contribution in [2.24, 2.45) is 0 Å². The molecular formula is C18H26F2N4O3. The second-order valence-electron chi connectivity index (χ2n) is 7.72. The van der Waals surface area contributed by atoms with Crippen molar-refractivity contribution in [1.82, 2.24) is 9.55 Å². The summed E-state index contributed by atoms with van der Waals surface area (Å²) in [4.78, 5) is 32.3. The van der Waals surface area contributed by atoms with Crippen LogP contribution in [0.25, 0.3) is 0 Å². The van der Waals surface area contributed by atoms with Gasteiger partial charge in [-0.05, 0) is 27.2 Å². The number of aromatic nitrogens is 2. The first-order valence-electron chi connectivity index (χ1n) is 9.16. The first-order chi connectivity index (χ1) is 12.5. The Hall–Kier alpha value is -2.03. The summed E-state index contributed by atoms with van der Waals surface area (Å²) < 4.78 is 35.8. The minimum atomic E-state index is -3.08. The number of alkyl halides is 2. The Morgan fingerprint density at radius 1 is 1.44 bits per heavy atom. The molecule has 0 bridgehead atoms. The monoisotopic (exact) mass is 384 g/mol. The van der Waals surface area contributed by atoms with E-state index in [1.54, 1.807) is 0 Å². The van der Waals surface area contributed by atoms with Gasteiger partial charge in [-0.3, -0.25) is 14.2 Å². The second kappa shape index (κ2) is 6.85. The number of ether oxygens (including phenoxy) is 1. The lowest BCUT2D eigenvalue weighted by atomic mass is 9.87. The van der Waals surface area contributed by atoms with Gasteiger partial charge in [-0.1, -0.05) is 0 Å². The van der Waals surface area contributed by atoms with Crippen LogP contribution < -0.4 is 15.4 Å². The third-order valence-electron chi connectivity index (χ3n) is 5.62. The number of anilines is 2. The number of hydrogen-bond acceptors (Lipinski definition) is 6. The smallest absolute Gasteiger partial charge is 0.267 e. The van der Waals surface area contributed by atoms with Gasteiger partial charge in [-0.2, -0.15) is 4.98 Å². The van der Waals surface area contributed by atoms with Gasteiger partial charge in [0.2, 0.25) is 5.95 Å². The first kappa shape index (κ1) is 19.7. The summed E-state index contributed by atoms with van der Waals surface area (Å²) in [5, 5.41) is 0. The molecule has 3 heterocycles. The fourth-order valence-electron chi connectivity index (χ4n) is 3.72. The molecule has 1 saturated heterocycles. The summed E-state index contributed by atoms with van der Waals surface area (Å²) >= 11 is 0. The molecule has 150 valence electrons. The highest BCUT2D eigenvalue weighted by Gasteiger charge is 2.53. The Morgan fingerprint density at radius 2 is 2.15 bits per heavy atom. The van der Waals surface area contributed by atoms with Crippen LogP contribution in [0.5, 0.6) is 0 Å². The van der Waals surface area contributed by atoms with Crippen molar-refractivity contribution < 1.29 is 18.3 Å². The van der Waals surface area contributed by atoms with Crippen molar-refractivity contribution in [2.45, 2.75) is 58.2 Å². The van der Waals surface area contributed by atoms with E-state index in [4.69, 9.17) is 4.74 Å². The molecule has 3 rings (SSSR count). The summed E-state index contributed by atoms with van der Waals surface area (Å²) in [5.74, 6) is -2.78. The molecule has 2 aliphatic heterocycles. The number of halogens is 2. The van der Waals surface area contributed by atoms with Crippen LogP contribution in [-0.4, -0.2) is 59.1 Å². The van der Waals surface area contributed by atoms with E-state index in [0.29, 0.717) is 25.6 Å². The number of nitrogens with zero attached hydrogens (tertiary/aromatic N) is 4. The Balaban J connectivity index is 2.13. The largest absolute Gasteiger partial charge is 0.377 e. The van der Waals surface area contributed by atoms with Gasteiger partial charge in [0.15, 0.2) is 0 Å². The highest BCUT2D eigenvalue weighted by Crippen LogP contribution is 2.42. The van der Waals surface area contributed by atoms with E-state index in [9.17, 15) is 18.4 Å². The number of rotatable bonds is 4. The maximum Gasteiger partial charge on any atom is 0.267 e. The molecule has 0 aromatic carbocycles. The molecule has 0 radical (unpaired) electrons. The Labute approximate surface area is 156 Å². The van der Waals surface area contributed by atoms with Gasteiger partial charge in [-0.15, -0.1) is 0 Å². The van der Waals surface area contributed by atoms with Crippen molar-refractivity contribution in [1.29, 1.82) is 0 Å². The summed E-state index contributed by atoms with van der Waals surface area (Å²) in [7, 11) is 0. The predicted molar refractivity (Wildman–Crippen MR) is 97.8 cm³/mol. The summed E-state index contributed by atoms with van der Waals surface area (Å²) in [6, 6.07) is 1.45. The zero-order valence-electron chi connectivity index (χ0n) is 16.2. The third kappa shape index (κ3) is 3.44. The minimum Gasteiger partial charge on any atom is -0.377 e. The van der Waals surface area contributed by atoms with Gasteiger partial charge in [0, 0.05) is 26.1 Å². The van der Waals surface area contributed by atoms with Crippen molar-refractivity contribution in [3.63, 3.8) is 0 Å². The van der Waals surface area contributed by atoms with E-state index in [1.807, 2.05) is 11.8 Å². The SMILES string of the molecule is CC(=O)CN1c2nc(N3CCOC[C@H]3C)cc(=O)n2CC[C@@]1(C)C(C)(F)F. The van der Waals surface area contributed by atoms with E-state index in [-0.39, 0.29) is 42.8 Å². The van der Waals surface area contributed by atoms with Gasteiger partial charge in [0.1, 0.15) is 17.1 Å². The number of fused-ring (bicyclic) bond motifs is 1. The molecule has 1 fully saturated rings.